The molecule has 0 radical (unpaired) electrons. The summed E-state index contributed by atoms with van der Waals surface area (Å²) in [5.74, 6) is 1.60. The number of rotatable bonds is 10. The van der Waals surface area contributed by atoms with Crippen molar-refractivity contribution in [3.8, 4) is 5.75 Å². The minimum atomic E-state index is 0.519. The van der Waals surface area contributed by atoms with Crippen molar-refractivity contribution in [1.29, 1.82) is 0 Å². The molecule has 114 valence electrons. The molecule has 0 atom stereocenters. The lowest BCUT2D eigenvalue weighted by atomic mass is 10.0. The summed E-state index contributed by atoms with van der Waals surface area (Å²) in [5.41, 5.74) is 2.60. The maximum Gasteiger partial charge on any atom is 0.122 e. The lowest BCUT2D eigenvalue weighted by Crippen LogP contribution is -2.13. The molecule has 0 spiro atoms. The molecule has 2 nitrogen and oxygen atoms in total. The minimum absolute atomic E-state index is 0.519. The van der Waals surface area contributed by atoms with E-state index in [-0.39, 0.29) is 0 Å². The Hall–Kier alpha value is -1.02. The van der Waals surface area contributed by atoms with Crippen LogP contribution < -0.4 is 10.1 Å². The van der Waals surface area contributed by atoms with Crippen molar-refractivity contribution in [3.63, 3.8) is 0 Å². The van der Waals surface area contributed by atoms with E-state index in [1.165, 1.54) is 30.4 Å². The topological polar surface area (TPSA) is 21.3 Å². The van der Waals surface area contributed by atoms with Crippen LogP contribution in [0.25, 0.3) is 0 Å². The van der Waals surface area contributed by atoms with Crippen LogP contribution in [0.4, 0.5) is 0 Å². The molecule has 0 aliphatic carbocycles. The standard InChI is InChI=1S/C18H31NO/c1-5-19-12-8-6-7-9-13-20-18-14-16(4)10-11-17(18)15(2)3/h10-11,14-15,19H,5-9,12-13H2,1-4H3. The first kappa shape index (κ1) is 17.0. The largest absolute Gasteiger partial charge is 0.493 e. The van der Waals surface area contributed by atoms with E-state index in [0.29, 0.717) is 5.92 Å². The molecule has 0 aromatic heterocycles. The van der Waals surface area contributed by atoms with Gasteiger partial charge < -0.3 is 10.1 Å². The van der Waals surface area contributed by atoms with Gasteiger partial charge >= 0.3 is 0 Å². The summed E-state index contributed by atoms with van der Waals surface area (Å²) < 4.78 is 5.99. The van der Waals surface area contributed by atoms with Gasteiger partial charge in [0.05, 0.1) is 6.61 Å². The molecule has 1 N–H and O–H groups in total. The quantitative estimate of drug-likeness (QED) is 0.628. The molecule has 2 heteroatoms. The lowest BCUT2D eigenvalue weighted by molar-refractivity contribution is 0.300. The molecule has 0 aliphatic heterocycles. The third kappa shape index (κ3) is 6.42. The van der Waals surface area contributed by atoms with Crippen LogP contribution in [-0.2, 0) is 0 Å². The van der Waals surface area contributed by atoms with Crippen molar-refractivity contribution >= 4 is 0 Å². The van der Waals surface area contributed by atoms with Crippen LogP contribution in [-0.4, -0.2) is 19.7 Å². The van der Waals surface area contributed by atoms with Crippen molar-refractivity contribution in [2.24, 2.45) is 0 Å². The summed E-state index contributed by atoms with van der Waals surface area (Å²) in [5, 5.41) is 3.36. The summed E-state index contributed by atoms with van der Waals surface area (Å²) >= 11 is 0. The Kier molecular flexibility index (Phi) is 8.36. The van der Waals surface area contributed by atoms with Crippen LogP contribution in [0.2, 0.25) is 0 Å². The molecule has 0 amide bonds. The van der Waals surface area contributed by atoms with Crippen molar-refractivity contribution in [2.75, 3.05) is 19.7 Å². The first-order chi connectivity index (χ1) is 9.65. The van der Waals surface area contributed by atoms with Gasteiger partial charge in [-0.3, -0.25) is 0 Å². The first-order valence-corrected chi connectivity index (χ1v) is 8.09. The second-order valence-electron chi connectivity index (χ2n) is 5.81. The highest BCUT2D eigenvalue weighted by molar-refractivity contribution is 5.39. The highest BCUT2D eigenvalue weighted by Gasteiger charge is 2.07. The Morgan fingerprint density at radius 2 is 1.85 bits per heavy atom. The lowest BCUT2D eigenvalue weighted by Gasteiger charge is -2.14. The normalized spacial score (nSPS) is 11.1. The van der Waals surface area contributed by atoms with Gasteiger partial charge in [-0.1, -0.05) is 45.7 Å². The Balaban J connectivity index is 2.26. The van der Waals surface area contributed by atoms with Gasteiger partial charge in [-0.2, -0.15) is 0 Å². The van der Waals surface area contributed by atoms with Gasteiger partial charge in [0.1, 0.15) is 5.75 Å². The second-order valence-corrected chi connectivity index (χ2v) is 5.81. The van der Waals surface area contributed by atoms with Crippen LogP contribution in [0, 0.1) is 6.92 Å². The van der Waals surface area contributed by atoms with Crippen molar-refractivity contribution in [3.05, 3.63) is 29.3 Å². The van der Waals surface area contributed by atoms with Crippen LogP contribution in [0.3, 0.4) is 0 Å². The third-order valence-electron chi connectivity index (χ3n) is 3.55. The maximum absolute atomic E-state index is 5.99. The van der Waals surface area contributed by atoms with Crippen molar-refractivity contribution in [1.82, 2.24) is 5.32 Å². The fourth-order valence-corrected chi connectivity index (χ4v) is 2.31. The number of aryl methyl sites for hydroxylation is 1. The van der Waals surface area contributed by atoms with E-state index in [1.807, 2.05) is 0 Å². The summed E-state index contributed by atoms with van der Waals surface area (Å²) in [6.07, 6.45) is 4.97. The zero-order valence-electron chi connectivity index (χ0n) is 13.7. The highest BCUT2D eigenvalue weighted by atomic mass is 16.5. The molecular weight excluding hydrogens is 246 g/mol. The molecule has 1 aromatic rings. The SMILES string of the molecule is CCNCCCCCCOc1cc(C)ccc1C(C)C. The molecule has 0 aliphatic rings. The summed E-state index contributed by atoms with van der Waals surface area (Å²) in [4.78, 5) is 0. The van der Waals surface area contributed by atoms with E-state index >= 15 is 0 Å². The van der Waals surface area contributed by atoms with E-state index < -0.39 is 0 Å². The van der Waals surface area contributed by atoms with Gasteiger partial charge in [0.15, 0.2) is 0 Å². The molecule has 0 unspecified atom stereocenters. The molecule has 1 rings (SSSR count). The average molecular weight is 277 g/mol. The van der Waals surface area contributed by atoms with Crippen molar-refractivity contribution in [2.45, 2.75) is 59.3 Å². The molecule has 20 heavy (non-hydrogen) atoms. The van der Waals surface area contributed by atoms with Crippen molar-refractivity contribution < 1.29 is 4.74 Å². The summed E-state index contributed by atoms with van der Waals surface area (Å²) in [6.45, 7) is 11.8. The number of ether oxygens (including phenoxy) is 1. The Bertz CT molecular complexity index is 374. The van der Waals surface area contributed by atoms with Crippen LogP contribution in [0.15, 0.2) is 18.2 Å². The first-order valence-electron chi connectivity index (χ1n) is 8.09. The van der Waals surface area contributed by atoms with Gasteiger partial charge in [-0.25, -0.2) is 0 Å². The summed E-state index contributed by atoms with van der Waals surface area (Å²) in [7, 11) is 0. The second kappa shape index (κ2) is 9.82. The van der Waals surface area contributed by atoms with E-state index in [0.717, 1.165) is 31.9 Å². The van der Waals surface area contributed by atoms with Crippen LogP contribution >= 0.6 is 0 Å². The predicted molar refractivity (Wildman–Crippen MR) is 87.8 cm³/mol. The van der Waals surface area contributed by atoms with E-state index in [4.69, 9.17) is 4.74 Å². The van der Waals surface area contributed by atoms with Gasteiger partial charge in [0, 0.05) is 0 Å². The number of hydrogen-bond acceptors (Lipinski definition) is 2. The third-order valence-corrected chi connectivity index (χ3v) is 3.55. The number of nitrogens with one attached hydrogen (secondary N) is 1. The Morgan fingerprint density at radius 1 is 1.10 bits per heavy atom. The molecule has 1 aromatic carbocycles. The summed E-state index contributed by atoms with van der Waals surface area (Å²) in [6, 6.07) is 6.54. The van der Waals surface area contributed by atoms with Crippen LogP contribution in [0.1, 0.15) is 63.5 Å². The highest BCUT2D eigenvalue weighted by Crippen LogP contribution is 2.27. The van der Waals surface area contributed by atoms with E-state index in [2.05, 4.69) is 51.2 Å². The van der Waals surface area contributed by atoms with E-state index in [9.17, 15) is 0 Å². The fraction of sp³-hybridized carbons (Fsp3) is 0.667. The Labute approximate surface area is 124 Å². The fourth-order valence-electron chi connectivity index (χ4n) is 2.31. The monoisotopic (exact) mass is 277 g/mol. The van der Waals surface area contributed by atoms with Crippen LogP contribution in [0.5, 0.6) is 5.75 Å². The van der Waals surface area contributed by atoms with Gasteiger partial charge in [-0.05, 0) is 56.0 Å². The minimum Gasteiger partial charge on any atom is -0.493 e. The smallest absolute Gasteiger partial charge is 0.122 e. The number of benzene rings is 1. The number of hydrogen-bond donors (Lipinski definition) is 1. The molecule has 0 bridgehead atoms. The van der Waals surface area contributed by atoms with Gasteiger partial charge in [0.25, 0.3) is 0 Å². The molecule has 0 heterocycles. The molecule has 0 saturated heterocycles. The maximum atomic E-state index is 5.99. The molecule has 0 fully saturated rings. The zero-order valence-corrected chi connectivity index (χ0v) is 13.7. The predicted octanol–water partition coefficient (Wildman–Crippen LogP) is 4.67. The number of unbranched alkanes of at least 4 members (excludes halogenated alkanes) is 3. The van der Waals surface area contributed by atoms with Gasteiger partial charge in [-0.15, -0.1) is 0 Å². The average Bonchev–Trinajstić information content (AvgIpc) is 2.41. The van der Waals surface area contributed by atoms with Gasteiger partial charge in [0.2, 0.25) is 0 Å². The molecule has 0 saturated carbocycles. The van der Waals surface area contributed by atoms with E-state index in [1.54, 1.807) is 0 Å². The Morgan fingerprint density at radius 3 is 2.55 bits per heavy atom. The zero-order chi connectivity index (χ0) is 14.8. The molecular formula is C18H31NO.